The Kier molecular flexibility index (Phi) is 10.5. The molecule has 198 valence electrons. The van der Waals surface area contributed by atoms with Gasteiger partial charge in [0.25, 0.3) is 0 Å². The molecule has 9 nitrogen and oxygen atoms in total. The van der Waals surface area contributed by atoms with E-state index < -0.39 is 23.9 Å². The van der Waals surface area contributed by atoms with Crippen LogP contribution in [0.5, 0.6) is 11.5 Å². The minimum Gasteiger partial charge on any atom is -0.462 e. The Morgan fingerprint density at radius 1 is 0.718 bits per heavy atom. The van der Waals surface area contributed by atoms with Crippen molar-refractivity contribution in [2.75, 3.05) is 13.2 Å². The third-order valence-corrected chi connectivity index (χ3v) is 5.25. The van der Waals surface area contributed by atoms with Crippen molar-refractivity contribution < 1.29 is 38.1 Å². The molecule has 0 aromatic heterocycles. The first-order chi connectivity index (χ1) is 18.9. The van der Waals surface area contributed by atoms with Gasteiger partial charge in [0.15, 0.2) is 0 Å². The van der Waals surface area contributed by atoms with Crippen LogP contribution in [0.2, 0.25) is 0 Å². The molecule has 0 radical (unpaired) electrons. The van der Waals surface area contributed by atoms with E-state index in [0.29, 0.717) is 11.3 Å². The summed E-state index contributed by atoms with van der Waals surface area (Å²) in [7, 11) is 0. The van der Waals surface area contributed by atoms with Gasteiger partial charge in [0.05, 0.1) is 17.2 Å². The first-order valence-electron chi connectivity index (χ1n) is 12.0. The summed E-state index contributed by atoms with van der Waals surface area (Å²) in [5.41, 5.74) is 2.69. The highest BCUT2D eigenvalue weighted by atomic mass is 16.6. The lowest BCUT2D eigenvalue weighted by molar-refractivity contribution is -0.149. The predicted octanol–water partition coefficient (Wildman–Crippen LogP) is 4.79. The fraction of sp³-hybridized carbons (Fsp3) is 0.167. The van der Waals surface area contributed by atoms with E-state index in [9.17, 15) is 19.2 Å². The van der Waals surface area contributed by atoms with Gasteiger partial charge in [-0.3, -0.25) is 9.59 Å². The largest absolute Gasteiger partial charge is 0.462 e. The number of hydrogen-bond acceptors (Lipinski definition) is 9. The Morgan fingerprint density at radius 2 is 1.26 bits per heavy atom. The van der Waals surface area contributed by atoms with E-state index in [2.05, 4.69) is 17.4 Å². The average Bonchev–Trinajstić information content (AvgIpc) is 2.96. The minimum atomic E-state index is -0.606. The second kappa shape index (κ2) is 14.5. The van der Waals surface area contributed by atoms with Gasteiger partial charge in [-0.2, -0.15) is 5.26 Å². The summed E-state index contributed by atoms with van der Waals surface area (Å²) in [5.74, 6) is -1.63. The number of benzene rings is 3. The summed E-state index contributed by atoms with van der Waals surface area (Å²) < 4.78 is 20.2. The van der Waals surface area contributed by atoms with Gasteiger partial charge in [-0.25, -0.2) is 9.59 Å². The van der Waals surface area contributed by atoms with Gasteiger partial charge in [0, 0.05) is 18.9 Å². The number of nitriles is 1. The van der Waals surface area contributed by atoms with Crippen LogP contribution in [0.25, 0.3) is 11.1 Å². The lowest BCUT2D eigenvalue weighted by atomic mass is 10.0. The molecular weight excluding hydrogens is 502 g/mol. The lowest BCUT2D eigenvalue weighted by Gasteiger charge is -2.08. The van der Waals surface area contributed by atoms with Crippen molar-refractivity contribution in [2.24, 2.45) is 0 Å². The summed E-state index contributed by atoms with van der Waals surface area (Å²) in [5, 5.41) is 8.91. The molecule has 0 aliphatic rings. The number of ether oxygens (including phenoxy) is 4. The number of rotatable bonds is 12. The van der Waals surface area contributed by atoms with E-state index in [1.165, 1.54) is 24.3 Å². The molecule has 0 heterocycles. The van der Waals surface area contributed by atoms with Crippen LogP contribution in [0, 0.1) is 11.3 Å². The van der Waals surface area contributed by atoms with E-state index in [1.807, 2.05) is 24.3 Å². The maximum Gasteiger partial charge on any atom is 0.343 e. The molecule has 0 amide bonds. The first kappa shape index (κ1) is 28.3. The van der Waals surface area contributed by atoms with Gasteiger partial charge in [-0.15, -0.1) is 0 Å². The molecule has 0 N–H and O–H groups in total. The summed E-state index contributed by atoms with van der Waals surface area (Å²) in [6, 6.07) is 22.1. The number of carbonyl (C=O) groups excluding carboxylic acids is 4. The van der Waals surface area contributed by atoms with Crippen LogP contribution in [0.15, 0.2) is 85.5 Å². The highest BCUT2D eigenvalue weighted by Gasteiger charge is 2.12. The topological polar surface area (TPSA) is 129 Å². The van der Waals surface area contributed by atoms with Crippen LogP contribution < -0.4 is 9.47 Å². The third-order valence-electron chi connectivity index (χ3n) is 5.25. The molecule has 3 rings (SSSR count). The number of hydrogen-bond donors (Lipinski definition) is 0. The van der Waals surface area contributed by atoms with Gasteiger partial charge < -0.3 is 18.9 Å². The van der Waals surface area contributed by atoms with Crippen LogP contribution in [0.1, 0.15) is 35.2 Å². The third kappa shape index (κ3) is 9.30. The highest BCUT2D eigenvalue weighted by Crippen LogP contribution is 2.23. The Bertz CT molecular complexity index is 1350. The molecule has 3 aromatic carbocycles. The molecule has 0 saturated heterocycles. The number of carbonyl (C=O) groups is 4. The Hall–Kier alpha value is -5.23. The van der Waals surface area contributed by atoms with E-state index in [-0.39, 0.29) is 43.8 Å². The maximum atomic E-state index is 12.5. The second-order valence-corrected chi connectivity index (χ2v) is 8.05. The van der Waals surface area contributed by atoms with Gasteiger partial charge >= 0.3 is 23.9 Å². The molecule has 9 heteroatoms. The Balaban J connectivity index is 1.40. The fourth-order valence-electron chi connectivity index (χ4n) is 3.27. The minimum absolute atomic E-state index is 0.00371. The smallest absolute Gasteiger partial charge is 0.343 e. The maximum absolute atomic E-state index is 12.5. The van der Waals surface area contributed by atoms with E-state index in [1.54, 1.807) is 24.3 Å². The summed E-state index contributed by atoms with van der Waals surface area (Å²) in [4.78, 5) is 47.1. The standard InChI is InChI=1S/C30H25NO8/c1-2-27(32)36-18-19-37-28(33)4-3-5-29(34)38-25-16-12-24(13-17-25)30(35)39-26-14-10-23(11-15-26)22-8-6-21(20-31)7-9-22/h2,6-17H,1,3-5,18-19H2. The summed E-state index contributed by atoms with van der Waals surface area (Å²) >= 11 is 0. The number of nitrogens with zero attached hydrogens (tertiary/aromatic N) is 1. The van der Waals surface area contributed by atoms with E-state index in [0.717, 1.165) is 17.2 Å². The molecule has 0 saturated carbocycles. The van der Waals surface area contributed by atoms with Crippen LogP contribution >= 0.6 is 0 Å². The van der Waals surface area contributed by atoms with Crippen LogP contribution in [-0.4, -0.2) is 37.1 Å². The van der Waals surface area contributed by atoms with E-state index >= 15 is 0 Å². The van der Waals surface area contributed by atoms with Gasteiger partial charge in [0.2, 0.25) is 0 Å². The molecule has 0 aliphatic carbocycles. The normalized spacial score (nSPS) is 10.0. The van der Waals surface area contributed by atoms with Crippen molar-refractivity contribution in [1.29, 1.82) is 5.26 Å². The Morgan fingerprint density at radius 3 is 1.87 bits per heavy atom. The molecule has 0 spiro atoms. The quantitative estimate of drug-likeness (QED) is 0.141. The molecule has 0 bridgehead atoms. The van der Waals surface area contributed by atoms with Crippen LogP contribution in [0.3, 0.4) is 0 Å². The molecule has 0 unspecified atom stereocenters. The highest BCUT2D eigenvalue weighted by molar-refractivity contribution is 5.91. The summed E-state index contributed by atoms with van der Waals surface area (Å²) in [6.45, 7) is 3.09. The molecule has 0 aliphatic heterocycles. The first-order valence-corrected chi connectivity index (χ1v) is 12.0. The van der Waals surface area contributed by atoms with Crippen LogP contribution in [0.4, 0.5) is 0 Å². The SMILES string of the molecule is C=CC(=O)OCCOC(=O)CCCC(=O)Oc1ccc(C(=O)Oc2ccc(-c3ccc(C#N)cc3)cc2)cc1. The second-order valence-electron chi connectivity index (χ2n) is 8.05. The van der Waals surface area contributed by atoms with Crippen molar-refractivity contribution in [3.05, 3.63) is 96.6 Å². The molecule has 0 fully saturated rings. The fourth-order valence-corrected chi connectivity index (χ4v) is 3.27. The molecule has 0 atom stereocenters. The monoisotopic (exact) mass is 527 g/mol. The van der Waals surface area contributed by atoms with Gasteiger partial charge in [-0.05, 0) is 66.1 Å². The van der Waals surface area contributed by atoms with Gasteiger partial charge in [-0.1, -0.05) is 30.8 Å². The summed E-state index contributed by atoms with van der Waals surface area (Å²) in [6.07, 6.45) is 1.22. The van der Waals surface area contributed by atoms with Crippen molar-refractivity contribution in [3.63, 3.8) is 0 Å². The molecular formula is C30H25NO8. The lowest BCUT2D eigenvalue weighted by Crippen LogP contribution is -2.14. The molecule has 3 aromatic rings. The predicted molar refractivity (Wildman–Crippen MR) is 140 cm³/mol. The van der Waals surface area contributed by atoms with Crippen LogP contribution in [-0.2, 0) is 23.9 Å². The number of esters is 4. The molecule has 39 heavy (non-hydrogen) atoms. The van der Waals surface area contributed by atoms with Gasteiger partial charge in [0.1, 0.15) is 24.7 Å². The van der Waals surface area contributed by atoms with E-state index in [4.69, 9.17) is 19.5 Å². The van der Waals surface area contributed by atoms with Crippen molar-refractivity contribution in [3.8, 4) is 28.7 Å². The Labute approximate surface area is 225 Å². The zero-order valence-electron chi connectivity index (χ0n) is 21.0. The van der Waals surface area contributed by atoms with Crippen molar-refractivity contribution in [1.82, 2.24) is 0 Å². The van der Waals surface area contributed by atoms with Crippen molar-refractivity contribution in [2.45, 2.75) is 19.3 Å². The average molecular weight is 528 g/mol. The van der Waals surface area contributed by atoms with Crippen molar-refractivity contribution >= 4 is 23.9 Å². The zero-order chi connectivity index (χ0) is 28.0. The zero-order valence-corrected chi connectivity index (χ0v) is 21.0.